The molecule has 2 aromatic heterocycles. The Balaban J connectivity index is 1.71. The van der Waals surface area contributed by atoms with E-state index >= 15 is 0 Å². The number of hydrogen-bond donors (Lipinski definition) is 1. The second-order valence-corrected chi connectivity index (χ2v) is 6.78. The van der Waals surface area contributed by atoms with Gasteiger partial charge in [0.05, 0.1) is 19.9 Å². The molecule has 3 rings (SSSR count). The number of ether oxygens (including phenoxy) is 2. The summed E-state index contributed by atoms with van der Waals surface area (Å²) in [5, 5.41) is 7.18. The molecule has 0 fully saturated rings. The molecule has 7 heteroatoms. The Morgan fingerprint density at radius 1 is 1.16 bits per heavy atom. The molecular weight excluding hydrogens is 356 g/mol. The minimum atomic E-state index is -0.207. The fraction of sp³-hybridized carbons (Fsp3) is 0.111. The van der Waals surface area contributed by atoms with Crippen molar-refractivity contribution in [2.24, 2.45) is 0 Å². The topological polar surface area (TPSA) is 60.5 Å². The van der Waals surface area contributed by atoms with Crippen LogP contribution in [-0.4, -0.2) is 25.1 Å². The van der Waals surface area contributed by atoms with Gasteiger partial charge >= 0.3 is 0 Å². The van der Waals surface area contributed by atoms with Crippen LogP contribution in [0.5, 0.6) is 11.5 Å². The lowest BCUT2D eigenvalue weighted by molar-refractivity contribution is -0.111. The number of methoxy groups -OCH3 is 2. The van der Waals surface area contributed by atoms with E-state index < -0.39 is 0 Å². The molecule has 0 atom stereocenters. The Labute approximate surface area is 153 Å². The Bertz CT molecular complexity index is 886. The van der Waals surface area contributed by atoms with Crippen molar-refractivity contribution in [2.75, 3.05) is 19.5 Å². The second kappa shape index (κ2) is 7.96. The molecule has 2 heterocycles. The van der Waals surface area contributed by atoms with E-state index in [2.05, 4.69) is 10.3 Å². The van der Waals surface area contributed by atoms with Crippen molar-refractivity contribution in [3.63, 3.8) is 0 Å². The van der Waals surface area contributed by atoms with Crippen molar-refractivity contribution >= 4 is 39.8 Å². The third-order valence-corrected chi connectivity index (χ3v) is 4.95. The maximum absolute atomic E-state index is 12.0. The van der Waals surface area contributed by atoms with Gasteiger partial charge in [-0.2, -0.15) is 0 Å². The van der Waals surface area contributed by atoms with E-state index in [9.17, 15) is 4.79 Å². The first-order chi connectivity index (χ1) is 12.2. The van der Waals surface area contributed by atoms with Gasteiger partial charge in [0.15, 0.2) is 16.6 Å². The number of anilines is 1. The number of nitrogens with zero attached hydrogens (tertiary/aromatic N) is 1. The zero-order valence-electron chi connectivity index (χ0n) is 13.7. The van der Waals surface area contributed by atoms with Gasteiger partial charge in [-0.15, -0.1) is 22.7 Å². The number of carbonyl (C=O) groups is 1. The standard InChI is InChI=1S/C18H16N2O3S2/c1-22-15-7-5-12(10-16(15)23-2)14-11-25-18(19-14)20-17(21)8-6-13-4-3-9-24-13/h3-11H,1-2H3,(H,19,20,21)/b8-6+. The van der Waals surface area contributed by atoms with Crippen LogP contribution in [-0.2, 0) is 4.79 Å². The van der Waals surface area contributed by atoms with E-state index in [0.717, 1.165) is 16.1 Å². The van der Waals surface area contributed by atoms with Gasteiger partial charge < -0.3 is 9.47 Å². The van der Waals surface area contributed by atoms with E-state index in [1.54, 1.807) is 31.6 Å². The Hall–Kier alpha value is -2.64. The first-order valence-corrected chi connectivity index (χ1v) is 9.16. The number of benzene rings is 1. The van der Waals surface area contributed by atoms with Gasteiger partial charge in [-0.05, 0) is 35.7 Å². The summed E-state index contributed by atoms with van der Waals surface area (Å²) in [6.45, 7) is 0. The van der Waals surface area contributed by atoms with E-state index in [4.69, 9.17) is 9.47 Å². The number of aromatic nitrogens is 1. The van der Waals surface area contributed by atoms with Gasteiger partial charge in [-0.25, -0.2) is 4.98 Å². The largest absolute Gasteiger partial charge is 0.493 e. The van der Waals surface area contributed by atoms with Crippen LogP contribution >= 0.6 is 22.7 Å². The van der Waals surface area contributed by atoms with Crippen molar-refractivity contribution in [1.29, 1.82) is 0 Å². The van der Waals surface area contributed by atoms with E-state index in [0.29, 0.717) is 16.6 Å². The molecule has 1 aromatic carbocycles. The van der Waals surface area contributed by atoms with Crippen LogP contribution in [0.4, 0.5) is 5.13 Å². The number of rotatable bonds is 6. The van der Waals surface area contributed by atoms with Gasteiger partial charge in [0.1, 0.15) is 0 Å². The average molecular weight is 372 g/mol. The number of nitrogens with one attached hydrogen (secondary N) is 1. The highest BCUT2D eigenvalue weighted by Crippen LogP contribution is 2.33. The summed E-state index contributed by atoms with van der Waals surface area (Å²) < 4.78 is 10.5. The molecule has 0 spiro atoms. The molecule has 0 radical (unpaired) electrons. The lowest BCUT2D eigenvalue weighted by Crippen LogP contribution is -2.07. The minimum Gasteiger partial charge on any atom is -0.493 e. The Morgan fingerprint density at radius 3 is 2.72 bits per heavy atom. The Morgan fingerprint density at radius 2 is 2.00 bits per heavy atom. The van der Waals surface area contributed by atoms with Crippen LogP contribution in [0.1, 0.15) is 4.88 Å². The maximum Gasteiger partial charge on any atom is 0.250 e. The van der Waals surface area contributed by atoms with Crippen LogP contribution in [0.2, 0.25) is 0 Å². The number of amides is 1. The highest BCUT2D eigenvalue weighted by molar-refractivity contribution is 7.14. The summed E-state index contributed by atoms with van der Waals surface area (Å²) in [7, 11) is 3.19. The summed E-state index contributed by atoms with van der Waals surface area (Å²) in [4.78, 5) is 17.5. The molecule has 0 aliphatic rings. The summed E-state index contributed by atoms with van der Waals surface area (Å²) in [6.07, 6.45) is 3.28. The first-order valence-electron chi connectivity index (χ1n) is 7.40. The third-order valence-electron chi connectivity index (χ3n) is 3.36. The van der Waals surface area contributed by atoms with Gasteiger partial charge in [-0.3, -0.25) is 10.1 Å². The molecule has 128 valence electrons. The van der Waals surface area contributed by atoms with Gasteiger partial charge in [-0.1, -0.05) is 6.07 Å². The highest BCUT2D eigenvalue weighted by Gasteiger charge is 2.10. The van der Waals surface area contributed by atoms with Gasteiger partial charge in [0, 0.05) is 21.9 Å². The van der Waals surface area contributed by atoms with Crippen LogP contribution in [0.3, 0.4) is 0 Å². The fourth-order valence-electron chi connectivity index (χ4n) is 2.15. The van der Waals surface area contributed by atoms with Crippen molar-refractivity contribution in [3.05, 3.63) is 52.0 Å². The molecular formula is C18H16N2O3S2. The quantitative estimate of drug-likeness (QED) is 0.645. The normalized spacial score (nSPS) is 10.8. The van der Waals surface area contributed by atoms with Crippen molar-refractivity contribution in [2.45, 2.75) is 0 Å². The molecule has 0 aliphatic heterocycles. The molecule has 0 unspecified atom stereocenters. The molecule has 1 N–H and O–H groups in total. The van der Waals surface area contributed by atoms with Crippen LogP contribution in [0, 0.1) is 0 Å². The van der Waals surface area contributed by atoms with Crippen LogP contribution < -0.4 is 14.8 Å². The fourth-order valence-corrected chi connectivity index (χ4v) is 3.49. The average Bonchev–Trinajstić information content (AvgIpc) is 3.31. The maximum atomic E-state index is 12.0. The van der Waals surface area contributed by atoms with Crippen molar-refractivity contribution in [3.8, 4) is 22.8 Å². The summed E-state index contributed by atoms with van der Waals surface area (Å²) >= 11 is 2.95. The minimum absolute atomic E-state index is 0.207. The first kappa shape index (κ1) is 17.2. The molecule has 0 bridgehead atoms. The van der Waals surface area contributed by atoms with E-state index in [1.165, 1.54) is 17.4 Å². The summed E-state index contributed by atoms with van der Waals surface area (Å²) in [6, 6.07) is 9.48. The smallest absolute Gasteiger partial charge is 0.250 e. The van der Waals surface area contributed by atoms with E-state index in [-0.39, 0.29) is 5.91 Å². The molecule has 25 heavy (non-hydrogen) atoms. The molecule has 0 saturated carbocycles. The molecule has 1 amide bonds. The zero-order chi connectivity index (χ0) is 17.6. The highest BCUT2D eigenvalue weighted by atomic mass is 32.1. The van der Waals surface area contributed by atoms with Gasteiger partial charge in [0.25, 0.3) is 0 Å². The summed E-state index contributed by atoms with van der Waals surface area (Å²) in [5.41, 5.74) is 1.66. The van der Waals surface area contributed by atoms with Crippen molar-refractivity contribution in [1.82, 2.24) is 4.98 Å². The summed E-state index contributed by atoms with van der Waals surface area (Å²) in [5.74, 6) is 1.09. The monoisotopic (exact) mass is 372 g/mol. The number of carbonyl (C=O) groups excluding carboxylic acids is 1. The Kier molecular flexibility index (Phi) is 5.47. The number of hydrogen-bond acceptors (Lipinski definition) is 6. The third kappa shape index (κ3) is 4.26. The predicted octanol–water partition coefficient (Wildman–Crippen LogP) is 4.54. The van der Waals surface area contributed by atoms with Crippen LogP contribution in [0.15, 0.2) is 47.2 Å². The molecule has 3 aromatic rings. The lowest BCUT2D eigenvalue weighted by atomic mass is 10.1. The predicted molar refractivity (Wildman–Crippen MR) is 103 cm³/mol. The zero-order valence-corrected chi connectivity index (χ0v) is 15.3. The SMILES string of the molecule is COc1ccc(-c2csc(NC(=O)/C=C/c3cccs3)n2)cc1OC. The second-order valence-electron chi connectivity index (χ2n) is 4.95. The van der Waals surface area contributed by atoms with Crippen LogP contribution in [0.25, 0.3) is 17.3 Å². The molecule has 0 saturated heterocycles. The number of thiazole rings is 1. The lowest BCUT2D eigenvalue weighted by Gasteiger charge is -2.08. The van der Waals surface area contributed by atoms with E-state index in [1.807, 2.05) is 41.1 Å². The van der Waals surface area contributed by atoms with Crippen molar-refractivity contribution < 1.29 is 14.3 Å². The van der Waals surface area contributed by atoms with Gasteiger partial charge in [0.2, 0.25) is 5.91 Å². The molecule has 0 aliphatic carbocycles. The number of thiophene rings is 1. The molecule has 5 nitrogen and oxygen atoms in total.